The molecule has 0 N–H and O–H groups in total. The van der Waals surface area contributed by atoms with Gasteiger partial charge in [0.15, 0.2) is 0 Å². The van der Waals surface area contributed by atoms with Crippen LogP contribution in [0.5, 0.6) is 0 Å². The normalized spacial score (nSPS) is 22.1. The highest BCUT2D eigenvalue weighted by atomic mass is 16.5. The molecule has 1 aromatic carbocycles. The third-order valence-electron chi connectivity index (χ3n) is 3.95. The van der Waals surface area contributed by atoms with E-state index in [0.717, 1.165) is 13.1 Å². The zero-order valence-electron chi connectivity index (χ0n) is 13.7. The summed E-state index contributed by atoms with van der Waals surface area (Å²) >= 11 is 0. The Bertz CT molecular complexity index is 524. The van der Waals surface area contributed by atoms with Crippen LogP contribution in [-0.2, 0) is 20.9 Å². The summed E-state index contributed by atoms with van der Waals surface area (Å²) in [6.45, 7) is 8.22. The zero-order valence-corrected chi connectivity index (χ0v) is 13.7. The molecule has 1 heterocycles. The van der Waals surface area contributed by atoms with Gasteiger partial charge in [-0.1, -0.05) is 44.2 Å². The molecule has 1 atom stereocenters. The van der Waals surface area contributed by atoms with Gasteiger partial charge in [0.2, 0.25) is 0 Å². The molecular weight excluding hydrogens is 278 g/mol. The third-order valence-corrected chi connectivity index (χ3v) is 3.95. The number of carbonyl (C=O) groups is 2. The van der Waals surface area contributed by atoms with E-state index in [4.69, 9.17) is 4.74 Å². The first-order valence-electron chi connectivity index (χ1n) is 7.87. The van der Waals surface area contributed by atoms with Crippen molar-refractivity contribution in [2.75, 3.05) is 19.7 Å². The van der Waals surface area contributed by atoms with Gasteiger partial charge in [-0.3, -0.25) is 14.5 Å². The molecule has 22 heavy (non-hydrogen) atoms. The van der Waals surface area contributed by atoms with Crippen molar-refractivity contribution >= 4 is 11.8 Å². The predicted molar refractivity (Wildman–Crippen MR) is 85.2 cm³/mol. The quantitative estimate of drug-likeness (QED) is 0.634. The molecule has 4 nitrogen and oxygen atoms in total. The van der Waals surface area contributed by atoms with Gasteiger partial charge in [0.25, 0.3) is 0 Å². The highest BCUT2D eigenvalue weighted by Crippen LogP contribution is 2.29. The number of hydrogen-bond donors (Lipinski definition) is 0. The van der Waals surface area contributed by atoms with Crippen LogP contribution in [0.15, 0.2) is 30.3 Å². The smallest absolute Gasteiger partial charge is 0.317 e. The van der Waals surface area contributed by atoms with E-state index < -0.39 is 5.92 Å². The first kappa shape index (κ1) is 16.7. The van der Waals surface area contributed by atoms with Gasteiger partial charge in [0, 0.05) is 26.1 Å². The van der Waals surface area contributed by atoms with E-state index in [1.54, 1.807) is 6.92 Å². The molecule has 2 rings (SSSR count). The van der Waals surface area contributed by atoms with Crippen LogP contribution in [0.25, 0.3) is 0 Å². The van der Waals surface area contributed by atoms with Crippen molar-refractivity contribution in [3.8, 4) is 0 Å². The zero-order chi connectivity index (χ0) is 16.2. The van der Waals surface area contributed by atoms with Crippen LogP contribution < -0.4 is 0 Å². The van der Waals surface area contributed by atoms with Crippen molar-refractivity contribution in [1.82, 2.24) is 4.90 Å². The maximum atomic E-state index is 12.4. The lowest BCUT2D eigenvalue weighted by Gasteiger charge is -2.29. The van der Waals surface area contributed by atoms with Crippen molar-refractivity contribution in [3.63, 3.8) is 0 Å². The summed E-state index contributed by atoms with van der Waals surface area (Å²) in [5.41, 5.74) is 1.06. The number of ether oxygens (including phenoxy) is 1. The van der Waals surface area contributed by atoms with E-state index in [9.17, 15) is 9.59 Å². The SMILES string of the molecule is CCOC(=O)C1CN(Cc2ccccc2)CC(C)(C)CC1=O. The van der Waals surface area contributed by atoms with Crippen LogP contribution in [0.3, 0.4) is 0 Å². The van der Waals surface area contributed by atoms with Crippen molar-refractivity contribution < 1.29 is 14.3 Å². The molecule has 0 bridgehead atoms. The van der Waals surface area contributed by atoms with Gasteiger partial charge in [-0.05, 0) is 17.9 Å². The molecule has 0 saturated carbocycles. The highest BCUT2D eigenvalue weighted by molar-refractivity contribution is 5.99. The number of likely N-dealkylation sites (tertiary alicyclic amines) is 1. The molecular formula is C18H25NO3. The van der Waals surface area contributed by atoms with Crippen LogP contribution in [0, 0.1) is 11.3 Å². The molecule has 120 valence electrons. The molecule has 0 aliphatic carbocycles. The van der Waals surface area contributed by atoms with E-state index in [1.165, 1.54) is 5.56 Å². The van der Waals surface area contributed by atoms with E-state index in [1.807, 2.05) is 18.2 Å². The molecule has 0 radical (unpaired) electrons. The number of benzene rings is 1. The number of esters is 1. The fourth-order valence-electron chi connectivity index (χ4n) is 3.09. The number of nitrogens with zero attached hydrogens (tertiary/aromatic N) is 1. The van der Waals surface area contributed by atoms with E-state index in [0.29, 0.717) is 19.6 Å². The van der Waals surface area contributed by atoms with Gasteiger partial charge >= 0.3 is 5.97 Å². The number of hydrogen-bond acceptors (Lipinski definition) is 4. The summed E-state index contributed by atoms with van der Waals surface area (Å²) in [5.74, 6) is -1.05. The average Bonchev–Trinajstić information content (AvgIpc) is 2.55. The number of rotatable bonds is 4. The molecule has 4 heteroatoms. The lowest BCUT2D eigenvalue weighted by atomic mass is 9.85. The van der Waals surface area contributed by atoms with E-state index in [-0.39, 0.29) is 17.2 Å². The fraction of sp³-hybridized carbons (Fsp3) is 0.556. The molecule has 1 aromatic rings. The molecule has 1 saturated heterocycles. The van der Waals surface area contributed by atoms with E-state index in [2.05, 4.69) is 30.9 Å². The number of Topliss-reactive ketones (excluding diaryl/α,β-unsaturated/α-hetero) is 1. The van der Waals surface area contributed by atoms with Crippen LogP contribution in [0.1, 0.15) is 32.8 Å². The standard InChI is InChI=1S/C18H25NO3/c1-4-22-17(21)15-12-19(11-14-8-6-5-7-9-14)13-18(2,3)10-16(15)20/h5-9,15H,4,10-13H2,1-3H3. The van der Waals surface area contributed by atoms with Gasteiger partial charge in [0.05, 0.1) is 6.61 Å². The van der Waals surface area contributed by atoms with Crippen LogP contribution in [0.2, 0.25) is 0 Å². The molecule has 0 spiro atoms. The van der Waals surface area contributed by atoms with Gasteiger partial charge in [0.1, 0.15) is 11.7 Å². The fourth-order valence-corrected chi connectivity index (χ4v) is 3.09. The second kappa shape index (κ2) is 7.05. The van der Waals surface area contributed by atoms with Gasteiger partial charge in [-0.15, -0.1) is 0 Å². The lowest BCUT2D eigenvalue weighted by Crippen LogP contribution is -2.36. The summed E-state index contributed by atoms with van der Waals surface area (Å²) < 4.78 is 5.09. The van der Waals surface area contributed by atoms with Crippen LogP contribution >= 0.6 is 0 Å². The second-order valence-electron chi connectivity index (χ2n) is 6.77. The highest BCUT2D eigenvalue weighted by Gasteiger charge is 2.38. The Labute approximate surface area is 132 Å². The molecule has 1 aliphatic heterocycles. The Balaban J connectivity index is 2.17. The molecule has 0 aromatic heterocycles. The molecule has 1 unspecified atom stereocenters. The predicted octanol–water partition coefficient (Wildman–Crippen LogP) is 2.67. The van der Waals surface area contributed by atoms with Crippen LogP contribution in [0.4, 0.5) is 0 Å². The van der Waals surface area contributed by atoms with E-state index >= 15 is 0 Å². The van der Waals surface area contributed by atoms with Crippen molar-refractivity contribution in [3.05, 3.63) is 35.9 Å². The van der Waals surface area contributed by atoms with Gasteiger partial charge < -0.3 is 4.74 Å². The van der Waals surface area contributed by atoms with Crippen LogP contribution in [-0.4, -0.2) is 36.3 Å². The summed E-state index contributed by atoms with van der Waals surface area (Å²) in [4.78, 5) is 26.7. The Morgan fingerprint density at radius 2 is 2.00 bits per heavy atom. The topological polar surface area (TPSA) is 46.6 Å². The Morgan fingerprint density at radius 1 is 1.32 bits per heavy atom. The third kappa shape index (κ3) is 4.41. The monoisotopic (exact) mass is 303 g/mol. The second-order valence-corrected chi connectivity index (χ2v) is 6.77. The van der Waals surface area contributed by atoms with Crippen molar-refractivity contribution in [2.45, 2.75) is 33.7 Å². The summed E-state index contributed by atoms with van der Waals surface area (Å²) in [6.07, 6.45) is 0.418. The number of carbonyl (C=O) groups excluding carboxylic acids is 2. The number of ketones is 1. The Hall–Kier alpha value is -1.68. The largest absolute Gasteiger partial charge is 0.465 e. The summed E-state index contributed by atoms with van der Waals surface area (Å²) in [5, 5.41) is 0. The Kier molecular flexibility index (Phi) is 5.35. The first-order valence-corrected chi connectivity index (χ1v) is 7.87. The van der Waals surface area contributed by atoms with Gasteiger partial charge in [-0.25, -0.2) is 0 Å². The van der Waals surface area contributed by atoms with Crippen molar-refractivity contribution in [2.24, 2.45) is 11.3 Å². The van der Waals surface area contributed by atoms with Gasteiger partial charge in [-0.2, -0.15) is 0 Å². The Morgan fingerprint density at radius 3 is 2.64 bits per heavy atom. The molecule has 1 fully saturated rings. The maximum absolute atomic E-state index is 12.4. The molecule has 1 aliphatic rings. The first-order chi connectivity index (χ1) is 10.4. The minimum absolute atomic E-state index is 0.000915. The minimum Gasteiger partial charge on any atom is -0.465 e. The lowest BCUT2D eigenvalue weighted by molar-refractivity contribution is -0.152. The average molecular weight is 303 g/mol. The maximum Gasteiger partial charge on any atom is 0.317 e. The summed E-state index contributed by atoms with van der Waals surface area (Å²) in [7, 11) is 0. The minimum atomic E-state index is -0.662. The molecule has 0 amide bonds. The summed E-state index contributed by atoms with van der Waals surface area (Å²) in [6, 6.07) is 10.1. The van der Waals surface area contributed by atoms with Crippen molar-refractivity contribution in [1.29, 1.82) is 0 Å².